The maximum Gasteiger partial charge on any atom is 0.265 e. The first-order valence-electron chi connectivity index (χ1n) is 11.3. The molecule has 3 heterocycles. The van der Waals surface area contributed by atoms with Crippen LogP contribution in [-0.2, 0) is 7.05 Å². The summed E-state index contributed by atoms with van der Waals surface area (Å²) >= 11 is 0. The molecule has 3 aromatic heterocycles. The number of amides is 1. The molecule has 0 radical (unpaired) electrons. The quantitative estimate of drug-likeness (QED) is 0.402. The van der Waals surface area contributed by atoms with E-state index in [4.69, 9.17) is 5.73 Å². The van der Waals surface area contributed by atoms with E-state index in [0.717, 1.165) is 27.9 Å². The van der Waals surface area contributed by atoms with Crippen LogP contribution in [0.1, 0.15) is 15.9 Å². The number of aryl methyl sites for hydroxylation is 1. The second kappa shape index (κ2) is 8.02. The first kappa shape index (κ1) is 21.5. The van der Waals surface area contributed by atoms with Crippen LogP contribution in [0, 0.1) is 6.92 Å². The molecule has 0 saturated heterocycles. The number of hydrogen-bond donors (Lipinski definition) is 2. The van der Waals surface area contributed by atoms with Crippen LogP contribution in [0.25, 0.3) is 50.1 Å². The molecule has 1 amide bonds. The number of H-pyrrole nitrogens is 1. The second-order valence-electron chi connectivity index (χ2n) is 8.62. The van der Waals surface area contributed by atoms with Gasteiger partial charge in [-0.1, -0.05) is 30.3 Å². The number of aromatic nitrogens is 6. The lowest BCUT2D eigenvalue weighted by Crippen LogP contribution is -2.19. The number of carbonyl (C=O) groups excluding carboxylic acids is 1. The van der Waals surface area contributed by atoms with Crippen molar-refractivity contribution in [2.24, 2.45) is 12.8 Å². The Morgan fingerprint density at radius 2 is 1.86 bits per heavy atom. The number of nitrogens with zero attached hydrogens (tertiary/aromatic N) is 5. The number of imidazole rings is 1. The topological polar surface area (TPSA) is 124 Å². The Balaban J connectivity index is 1.58. The summed E-state index contributed by atoms with van der Waals surface area (Å²) in [6, 6.07) is 16.6. The minimum Gasteiger partial charge on any atom is -0.366 e. The fraction of sp³-hybridized carbons (Fsp3) is 0.0741. The van der Waals surface area contributed by atoms with Gasteiger partial charge in [-0.25, -0.2) is 9.97 Å². The number of para-hydroxylation sites is 1. The normalized spacial score (nSPS) is 11.4. The first-order chi connectivity index (χ1) is 17.4. The van der Waals surface area contributed by atoms with Crippen LogP contribution >= 0.6 is 0 Å². The summed E-state index contributed by atoms with van der Waals surface area (Å²) in [5, 5.41) is 4.77. The van der Waals surface area contributed by atoms with E-state index in [0.29, 0.717) is 33.3 Å². The number of fused-ring (bicyclic) bond motifs is 2. The molecule has 0 aliphatic carbocycles. The molecule has 6 aromatic rings. The number of benzene rings is 3. The Labute approximate surface area is 204 Å². The van der Waals surface area contributed by atoms with Crippen LogP contribution < -0.4 is 11.3 Å². The number of aromatic amines is 1. The first-order valence-corrected chi connectivity index (χ1v) is 11.3. The van der Waals surface area contributed by atoms with Crippen LogP contribution in [-0.4, -0.2) is 35.2 Å². The van der Waals surface area contributed by atoms with Crippen molar-refractivity contribution in [2.75, 3.05) is 0 Å². The Kier molecular flexibility index (Phi) is 4.78. The van der Waals surface area contributed by atoms with Crippen LogP contribution in [0.2, 0.25) is 0 Å². The predicted molar refractivity (Wildman–Crippen MR) is 138 cm³/mol. The van der Waals surface area contributed by atoms with Gasteiger partial charge in [0.2, 0.25) is 0 Å². The van der Waals surface area contributed by atoms with Crippen molar-refractivity contribution >= 4 is 27.8 Å². The fourth-order valence-corrected chi connectivity index (χ4v) is 4.61. The molecule has 9 heteroatoms. The average Bonchev–Trinajstić information content (AvgIpc) is 3.51. The summed E-state index contributed by atoms with van der Waals surface area (Å²) < 4.78 is 3.24. The third-order valence-corrected chi connectivity index (χ3v) is 6.41. The number of rotatable bonds is 4. The van der Waals surface area contributed by atoms with Crippen LogP contribution in [0.3, 0.4) is 0 Å². The monoisotopic (exact) mass is 475 g/mol. The molecule has 0 aliphatic rings. The zero-order chi connectivity index (χ0) is 25.0. The third-order valence-electron chi connectivity index (χ3n) is 6.41. The SMILES string of the molecule is Cc1c(-c2ccc(C(N)=O)c3nc(-c4cnn(C)c4)[nH]c23)cccc1-n1cnc2ccccc2c1=O. The maximum absolute atomic E-state index is 13.3. The molecule has 6 rings (SSSR count). The molecule has 0 bridgehead atoms. The van der Waals surface area contributed by atoms with Crippen LogP contribution in [0.5, 0.6) is 0 Å². The van der Waals surface area contributed by atoms with Crippen molar-refractivity contribution < 1.29 is 4.79 Å². The molecular formula is C27H21N7O2. The number of nitrogens with one attached hydrogen (secondary N) is 1. The summed E-state index contributed by atoms with van der Waals surface area (Å²) in [5.74, 6) is 0.0202. The van der Waals surface area contributed by atoms with E-state index >= 15 is 0 Å². The van der Waals surface area contributed by atoms with Gasteiger partial charge in [0.1, 0.15) is 17.7 Å². The molecule has 176 valence electrons. The van der Waals surface area contributed by atoms with Gasteiger partial charge in [-0.2, -0.15) is 5.10 Å². The van der Waals surface area contributed by atoms with Crippen LogP contribution in [0.4, 0.5) is 0 Å². The zero-order valence-electron chi connectivity index (χ0n) is 19.6. The van der Waals surface area contributed by atoms with Crippen molar-refractivity contribution in [1.29, 1.82) is 0 Å². The highest BCUT2D eigenvalue weighted by molar-refractivity contribution is 6.08. The highest BCUT2D eigenvalue weighted by Gasteiger charge is 2.19. The second-order valence-corrected chi connectivity index (χ2v) is 8.62. The van der Waals surface area contributed by atoms with Gasteiger partial charge in [0.25, 0.3) is 11.5 Å². The van der Waals surface area contributed by atoms with Crippen molar-refractivity contribution in [3.05, 3.63) is 94.8 Å². The number of hydrogen-bond acceptors (Lipinski definition) is 5. The summed E-state index contributed by atoms with van der Waals surface area (Å²) in [4.78, 5) is 38.0. The van der Waals surface area contributed by atoms with Crippen LogP contribution in [0.15, 0.2) is 78.1 Å². The van der Waals surface area contributed by atoms with E-state index in [9.17, 15) is 9.59 Å². The van der Waals surface area contributed by atoms with Gasteiger partial charge in [0.15, 0.2) is 0 Å². The summed E-state index contributed by atoms with van der Waals surface area (Å²) in [7, 11) is 1.82. The lowest BCUT2D eigenvalue weighted by atomic mass is 9.96. The van der Waals surface area contributed by atoms with Gasteiger partial charge in [0, 0.05) is 18.8 Å². The molecule has 0 unspecified atom stereocenters. The van der Waals surface area contributed by atoms with Crippen molar-refractivity contribution in [3.63, 3.8) is 0 Å². The molecule has 0 atom stereocenters. The van der Waals surface area contributed by atoms with Crippen molar-refractivity contribution in [1.82, 2.24) is 29.3 Å². The minimum atomic E-state index is -0.560. The van der Waals surface area contributed by atoms with E-state index in [1.165, 1.54) is 0 Å². The largest absolute Gasteiger partial charge is 0.366 e. The van der Waals surface area contributed by atoms with Gasteiger partial charge >= 0.3 is 0 Å². The standard InChI is InChI=1S/C27H21N7O2/c1-15-17(7-5-9-22(15)34-14-29-21-8-4-3-6-19(21)27(34)36)18-10-11-20(25(28)35)24-23(18)31-26(32-24)16-12-30-33(2)13-16/h3-14H,1-2H3,(H2,28,35)(H,31,32). The summed E-state index contributed by atoms with van der Waals surface area (Å²) in [6.45, 7) is 1.96. The Morgan fingerprint density at radius 1 is 1.03 bits per heavy atom. The van der Waals surface area contributed by atoms with E-state index in [1.54, 1.807) is 33.9 Å². The lowest BCUT2D eigenvalue weighted by molar-refractivity contribution is 0.100. The molecule has 0 spiro atoms. The van der Waals surface area contributed by atoms with Gasteiger partial charge in [-0.3, -0.25) is 18.8 Å². The van der Waals surface area contributed by atoms with Gasteiger partial charge < -0.3 is 10.7 Å². The van der Waals surface area contributed by atoms with E-state index in [-0.39, 0.29) is 5.56 Å². The van der Waals surface area contributed by atoms with Gasteiger partial charge in [0.05, 0.1) is 39.4 Å². The summed E-state index contributed by atoms with van der Waals surface area (Å²) in [5.41, 5.74) is 11.7. The number of nitrogens with two attached hydrogens (primary N) is 1. The van der Waals surface area contributed by atoms with Crippen molar-refractivity contribution in [3.8, 4) is 28.2 Å². The number of primary amides is 1. The molecule has 0 saturated carbocycles. The van der Waals surface area contributed by atoms with E-state index in [2.05, 4.69) is 20.1 Å². The minimum absolute atomic E-state index is 0.143. The lowest BCUT2D eigenvalue weighted by Gasteiger charge is -2.14. The zero-order valence-corrected chi connectivity index (χ0v) is 19.6. The summed E-state index contributed by atoms with van der Waals surface area (Å²) in [6.07, 6.45) is 5.10. The highest BCUT2D eigenvalue weighted by atomic mass is 16.1. The van der Waals surface area contributed by atoms with E-state index < -0.39 is 5.91 Å². The molecule has 36 heavy (non-hydrogen) atoms. The Bertz CT molecular complexity index is 1880. The highest BCUT2D eigenvalue weighted by Crippen LogP contribution is 2.35. The smallest absolute Gasteiger partial charge is 0.265 e. The van der Waals surface area contributed by atoms with Crippen molar-refractivity contribution in [2.45, 2.75) is 6.92 Å². The number of carbonyl (C=O) groups is 1. The molecule has 0 aliphatic heterocycles. The molecule has 3 aromatic carbocycles. The molecule has 0 fully saturated rings. The third kappa shape index (κ3) is 3.29. The Hall–Kier alpha value is -5.05. The van der Waals surface area contributed by atoms with Gasteiger partial charge in [-0.05, 0) is 42.3 Å². The molecular weight excluding hydrogens is 454 g/mol. The molecule has 9 nitrogen and oxygen atoms in total. The Morgan fingerprint density at radius 3 is 2.64 bits per heavy atom. The fourth-order valence-electron chi connectivity index (χ4n) is 4.61. The predicted octanol–water partition coefficient (Wildman–Crippen LogP) is 3.74. The average molecular weight is 476 g/mol. The molecule has 3 N–H and O–H groups in total. The van der Waals surface area contributed by atoms with E-state index in [1.807, 2.05) is 62.6 Å². The van der Waals surface area contributed by atoms with Gasteiger partial charge in [-0.15, -0.1) is 0 Å². The maximum atomic E-state index is 13.3.